The van der Waals surface area contributed by atoms with E-state index in [9.17, 15) is 14.9 Å². The molecular formula is C12H13Cl2N5O4. The molecule has 23 heavy (non-hydrogen) atoms. The van der Waals surface area contributed by atoms with Crippen molar-refractivity contribution in [3.63, 3.8) is 0 Å². The van der Waals surface area contributed by atoms with Gasteiger partial charge in [0.1, 0.15) is 0 Å². The van der Waals surface area contributed by atoms with E-state index in [2.05, 4.69) is 20.4 Å². The second-order valence-electron chi connectivity index (χ2n) is 4.07. The lowest BCUT2D eigenvalue weighted by Gasteiger charge is -2.02. The van der Waals surface area contributed by atoms with Gasteiger partial charge in [0.2, 0.25) is 11.9 Å². The standard InChI is InChI=1S/C12H13Cl2N5O4/c13-9-3-1-4-10(14)8(9)7-16-18-12(15)17-11(20)5-2-6-23-19(21)22/h1,3-4,7H,2,5-6H2,(H3,15,17,18,20)/b16-7+. The summed E-state index contributed by atoms with van der Waals surface area (Å²) in [5, 5.41) is 19.3. The number of carbonyl (C=O) groups is 1. The summed E-state index contributed by atoms with van der Waals surface area (Å²) in [6, 6.07) is 4.95. The molecule has 0 heterocycles. The zero-order valence-corrected chi connectivity index (χ0v) is 13.3. The monoisotopic (exact) mass is 361 g/mol. The van der Waals surface area contributed by atoms with Gasteiger partial charge in [0.05, 0.1) is 22.9 Å². The minimum absolute atomic E-state index is 0.00981. The van der Waals surface area contributed by atoms with Crippen molar-refractivity contribution in [3.05, 3.63) is 43.9 Å². The summed E-state index contributed by atoms with van der Waals surface area (Å²) in [5.41, 5.74) is 5.93. The SMILES string of the molecule is N/C(=N\N=C\c1c(Cl)cccc1Cl)NC(=O)CCCO[N+](=O)[O-]. The Morgan fingerprint density at radius 2 is 2.09 bits per heavy atom. The van der Waals surface area contributed by atoms with Crippen molar-refractivity contribution in [2.75, 3.05) is 6.61 Å². The van der Waals surface area contributed by atoms with Gasteiger partial charge in [-0.05, 0) is 18.6 Å². The van der Waals surface area contributed by atoms with E-state index >= 15 is 0 Å². The van der Waals surface area contributed by atoms with Crippen LogP contribution in [0.4, 0.5) is 0 Å². The zero-order valence-electron chi connectivity index (χ0n) is 11.7. The number of guanidine groups is 1. The number of hydrogen-bond donors (Lipinski definition) is 2. The van der Waals surface area contributed by atoms with Crippen molar-refractivity contribution in [1.29, 1.82) is 0 Å². The molecule has 1 aromatic rings. The second-order valence-corrected chi connectivity index (χ2v) is 4.89. The first-order valence-corrected chi connectivity index (χ1v) is 7.03. The Labute approximate surface area is 141 Å². The Morgan fingerprint density at radius 1 is 1.43 bits per heavy atom. The number of halogens is 2. The van der Waals surface area contributed by atoms with E-state index in [4.69, 9.17) is 28.9 Å². The van der Waals surface area contributed by atoms with Crippen LogP contribution in [0.2, 0.25) is 10.0 Å². The van der Waals surface area contributed by atoms with Gasteiger partial charge in [-0.15, -0.1) is 15.2 Å². The van der Waals surface area contributed by atoms with Crippen molar-refractivity contribution in [2.45, 2.75) is 12.8 Å². The van der Waals surface area contributed by atoms with Crippen molar-refractivity contribution >= 4 is 41.3 Å². The summed E-state index contributed by atoms with van der Waals surface area (Å²) in [4.78, 5) is 25.4. The Hall–Kier alpha value is -2.39. The molecule has 3 N–H and O–H groups in total. The molecule has 0 fully saturated rings. The molecule has 0 unspecified atom stereocenters. The van der Waals surface area contributed by atoms with E-state index in [0.717, 1.165) is 0 Å². The van der Waals surface area contributed by atoms with E-state index in [1.54, 1.807) is 18.2 Å². The average molecular weight is 362 g/mol. The first-order valence-electron chi connectivity index (χ1n) is 6.28. The number of hydrogen-bond acceptors (Lipinski definition) is 6. The lowest BCUT2D eigenvalue weighted by atomic mass is 10.2. The predicted molar refractivity (Wildman–Crippen MR) is 86.0 cm³/mol. The Bertz CT molecular complexity index is 616. The van der Waals surface area contributed by atoms with Crippen LogP contribution in [-0.4, -0.2) is 29.8 Å². The maximum absolute atomic E-state index is 11.4. The highest BCUT2D eigenvalue weighted by molar-refractivity contribution is 6.38. The number of carbonyl (C=O) groups excluding carboxylic acids is 1. The molecule has 124 valence electrons. The number of rotatable bonds is 7. The molecule has 0 radical (unpaired) electrons. The smallest absolute Gasteiger partial charge is 0.294 e. The van der Waals surface area contributed by atoms with E-state index < -0.39 is 11.0 Å². The quantitative estimate of drug-likeness (QED) is 0.251. The summed E-state index contributed by atoms with van der Waals surface area (Å²) in [7, 11) is 0. The van der Waals surface area contributed by atoms with E-state index in [1.165, 1.54) is 6.21 Å². The molecule has 1 amide bonds. The van der Waals surface area contributed by atoms with Crippen molar-refractivity contribution in [1.82, 2.24) is 5.32 Å². The summed E-state index contributed by atoms with van der Waals surface area (Å²) < 4.78 is 0. The van der Waals surface area contributed by atoms with Gasteiger partial charge in [0, 0.05) is 12.0 Å². The minimum atomic E-state index is -0.928. The third-order valence-electron chi connectivity index (χ3n) is 2.36. The van der Waals surface area contributed by atoms with Gasteiger partial charge in [-0.2, -0.15) is 5.10 Å². The molecule has 0 saturated heterocycles. The third kappa shape index (κ3) is 7.43. The normalized spacial score (nSPS) is 11.5. The Morgan fingerprint density at radius 3 is 2.70 bits per heavy atom. The topological polar surface area (TPSA) is 132 Å². The maximum Gasteiger partial charge on any atom is 0.294 e. The molecule has 1 aromatic carbocycles. The van der Waals surface area contributed by atoms with E-state index in [0.29, 0.717) is 15.6 Å². The molecule has 0 atom stereocenters. The largest absolute Gasteiger partial charge is 0.368 e. The zero-order chi connectivity index (χ0) is 17.2. The Balaban J connectivity index is 2.46. The van der Waals surface area contributed by atoms with Crippen LogP contribution >= 0.6 is 23.2 Å². The van der Waals surface area contributed by atoms with Gasteiger partial charge in [0.25, 0.3) is 5.09 Å². The average Bonchev–Trinajstić information content (AvgIpc) is 2.46. The lowest BCUT2D eigenvalue weighted by Crippen LogP contribution is -2.36. The van der Waals surface area contributed by atoms with Crippen LogP contribution < -0.4 is 11.1 Å². The highest BCUT2D eigenvalue weighted by atomic mass is 35.5. The van der Waals surface area contributed by atoms with Gasteiger partial charge in [-0.1, -0.05) is 29.3 Å². The highest BCUT2D eigenvalue weighted by Crippen LogP contribution is 2.22. The number of benzene rings is 1. The highest BCUT2D eigenvalue weighted by Gasteiger charge is 2.04. The van der Waals surface area contributed by atoms with Crippen LogP contribution in [0.15, 0.2) is 28.4 Å². The number of nitrogens with zero attached hydrogens (tertiary/aromatic N) is 3. The fourth-order valence-corrected chi connectivity index (χ4v) is 1.88. The molecule has 9 nitrogen and oxygen atoms in total. The van der Waals surface area contributed by atoms with Crippen LogP contribution in [0.25, 0.3) is 0 Å². The molecule has 0 aliphatic carbocycles. The molecule has 11 heteroatoms. The molecule has 0 aromatic heterocycles. The molecule has 0 bridgehead atoms. The number of amides is 1. The van der Waals surface area contributed by atoms with Crippen LogP contribution in [0.3, 0.4) is 0 Å². The van der Waals surface area contributed by atoms with Crippen LogP contribution in [-0.2, 0) is 9.63 Å². The fourth-order valence-electron chi connectivity index (χ4n) is 1.39. The summed E-state index contributed by atoms with van der Waals surface area (Å²) in [6.45, 7) is -0.180. The molecule has 0 saturated carbocycles. The first-order chi connectivity index (χ1) is 10.9. The number of nitrogens with one attached hydrogen (secondary N) is 1. The van der Waals surface area contributed by atoms with Gasteiger partial charge in [-0.25, -0.2) is 0 Å². The summed E-state index contributed by atoms with van der Waals surface area (Å²) in [6.07, 6.45) is 1.46. The predicted octanol–water partition coefficient (Wildman–Crippen LogP) is 1.75. The minimum Gasteiger partial charge on any atom is -0.368 e. The Kier molecular flexibility index (Phi) is 7.78. The molecule has 0 aliphatic rings. The van der Waals surface area contributed by atoms with Gasteiger partial charge in [0.15, 0.2) is 0 Å². The third-order valence-corrected chi connectivity index (χ3v) is 3.02. The summed E-state index contributed by atoms with van der Waals surface area (Å²) in [5.74, 6) is -0.700. The number of nitrogens with two attached hydrogens (primary N) is 1. The van der Waals surface area contributed by atoms with Crippen LogP contribution in [0.1, 0.15) is 18.4 Å². The summed E-state index contributed by atoms with van der Waals surface area (Å²) >= 11 is 11.9. The maximum atomic E-state index is 11.4. The van der Waals surface area contributed by atoms with Crippen LogP contribution in [0, 0.1) is 10.1 Å². The molecule has 0 aliphatic heterocycles. The second kappa shape index (κ2) is 9.59. The van der Waals surface area contributed by atoms with E-state index in [1.807, 2.05) is 0 Å². The fraction of sp³-hybridized carbons (Fsp3) is 0.250. The van der Waals surface area contributed by atoms with Gasteiger partial charge < -0.3 is 10.6 Å². The van der Waals surface area contributed by atoms with Crippen LogP contribution in [0.5, 0.6) is 0 Å². The molecule has 1 rings (SSSR count). The van der Waals surface area contributed by atoms with E-state index in [-0.39, 0.29) is 25.4 Å². The van der Waals surface area contributed by atoms with Gasteiger partial charge >= 0.3 is 0 Å². The van der Waals surface area contributed by atoms with Crippen molar-refractivity contribution < 1.29 is 14.7 Å². The molecular weight excluding hydrogens is 349 g/mol. The first kappa shape index (κ1) is 18.7. The lowest BCUT2D eigenvalue weighted by molar-refractivity contribution is -0.757. The van der Waals surface area contributed by atoms with Crippen molar-refractivity contribution in [3.8, 4) is 0 Å². The van der Waals surface area contributed by atoms with Crippen molar-refractivity contribution in [2.24, 2.45) is 15.9 Å². The van der Waals surface area contributed by atoms with Gasteiger partial charge in [-0.3, -0.25) is 10.1 Å². The molecule has 0 spiro atoms.